The Morgan fingerprint density at radius 2 is 1.85 bits per heavy atom. The van der Waals surface area contributed by atoms with Crippen LogP contribution in [0.2, 0.25) is 15.5 Å². The smallest absolute Gasteiger partial charge is 0.225 e. The van der Waals surface area contributed by atoms with Crippen LogP contribution in [0.25, 0.3) is 11.0 Å². The fraction of sp³-hybridized carbons (Fsp3) is 0.143. The number of hydrogen-bond donors (Lipinski definition) is 1. The van der Waals surface area contributed by atoms with E-state index in [1.54, 1.807) is 0 Å². The van der Waals surface area contributed by atoms with Gasteiger partial charge in [0.2, 0.25) is 5.28 Å². The highest BCUT2D eigenvalue weighted by molar-refractivity contribution is 6.42. The van der Waals surface area contributed by atoms with Crippen LogP contribution in [-0.4, -0.2) is 15.0 Å². The molecule has 13 heavy (non-hydrogen) atoms. The fourth-order valence-electron chi connectivity index (χ4n) is 1.11. The lowest BCUT2D eigenvalue weighted by Crippen LogP contribution is -1.84. The van der Waals surface area contributed by atoms with Crippen LogP contribution in [0.3, 0.4) is 0 Å². The van der Waals surface area contributed by atoms with Gasteiger partial charge >= 0.3 is 0 Å². The van der Waals surface area contributed by atoms with Gasteiger partial charge in [-0.3, -0.25) is 0 Å². The van der Waals surface area contributed by atoms with Crippen molar-refractivity contribution in [1.82, 2.24) is 15.0 Å². The zero-order valence-corrected chi connectivity index (χ0v) is 8.80. The topological polar surface area (TPSA) is 41.6 Å². The van der Waals surface area contributed by atoms with Crippen molar-refractivity contribution in [3.05, 3.63) is 21.2 Å². The van der Waals surface area contributed by atoms with Crippen LogP contribution in [0.4, 0.5) is 0 Å². The number of aromatic amines is 1. The number of aromatic nitrogens is 3. The van der Waals surface area contributed by atoms with Gasteiger partial charge < -0.3 is 4.98 Å². The van der Waals surface area contributed by atoms with Crippen molar-refractivity contribution >= 4 is 45.8 Å². The molecule has 2 aromatic heterocycles. The first-order chi connectivity index (χ1) is 6.09. The van der Waals surface area contributed by atoms with E-state index in [9.17, 15) is 0 Å². The standard InChI is InChI=1S/C7H4Cl3N3/c1-2-4(8)3-5(9)12-7(10)13-6(3)11-2/h1H3,(H,11,12,13). The zero-order valence-electron chi connectivity index (χ0n) is 6.53. The minimum absolute atomic E-state index is 0.107. The van der Waals surface area contributed by atoms with Crippen LogP contribution in [0.15, 0.2) is 0 Å². The fourth-order valence-corrected chi connectivity index (χ4v) is 1.86. The lowest BCUT2D eigenvalue weighted by Gasteiger charge is -1.93. The average molecular weight is 236 g/mol. The first kappa shape index (κ1) is 9.06. The van der Waals surface area contributed by atoms with E-state index in [0.717, 1.165) is 5.69 Å². The highest BCUT2D eigenvalue weighted by atomic mass is 35.5. The van der Waals surface area contributed by atoms with E-state index in [2.05, 4.69) is 15.0 Å². The molecule has 0 atom stereocenters. The third kappa shape index (κ3) is 1.37. The van der Waals surface area contributed by atoms with Gasteiger partial charge in [-0.15, -0.1) is 0 Å². The predicted molar refractivity (Wildman–Crippen MR) is 53.7 cm³/mol. The van der Waals surface area contributed by atoms with Gasteiger partial charge in [-0.1, -0.05) is 23.2 Å². The van der Waals surface area contributed by atoms with E-state index in [4.69, 9.17) is 34.8 Å². The Labute approximate surface area is 89.0 Å². The molecule has 2 heterocycles. The summed E-state index contributed by atoms with van der Waals surface area (Å²) >= 11 is 17.4. The van der Waals surface area contributed by atoms with Crippen LogP contribution in [0, 0.1) is 6.92 Å². The second-order valence-electron chi connectivity index (χ2n) is 2.57. The normalized spacial score (nSPS) is 11.1. The molecule has 2 rings (SSSR count). The maximum absolute atomic E-state index is 5.96. The Hall–Kier alpha value is -0.510. The van der Waals surface area contributed by atoms with Gasteiger partial charge in [-0.25, -0.2) is 4.98 Å². The molecule has 0 spiro atoms. The average Bonchev–Trinajstić information content (AvgIpc) is 2.27. The Morgan fingerprint density at radius 3 is 2.54 bits per heavy atom. The third-order valence-corrected chi connectivity index (χ3v) is 2.61. The van der Waals surface area contributed by atoms with Crippen molar-refractivity contribution in [2.45, 2.75) is 6.92 Å². The molecule has 2 aromatic rings. The van der Waals surface area contributed by atoms with E-state index in [1.165, 1.54) is 0 Å². The Morgan fingerprint density at radius 1 is 1.15 bits per heavy atom. The molecule has 0 aliphatic rings. The molecule has 68 valence electrons. The second kappa shape index (κ2) is 3.01. The first-order valence-corrected chi connectivity index (χ1v) is 4.60. The number of halogens is 3. The largest absolute Gasteiger partial charge is 0.342 e. The molecule has 0 fully saturated rings. The van der Waals surface area contributed by atoms with E-state index in [-0.39, 0.29) is 10.4 Å². The number of fused-ring (bicyclic) bond motifs is 1. The summed E-state index contributed by atoms with van der Waals surface area (Å²) in [6.07, 6.45) is 0. The highest BCUT2D eigenvalue weighted by Gasteiger charge is 2.12. The molecule has 1 N–H and O–H groups in total. The van der Waals surface area contributed by atoms with Gasteiger partial charge in [-0.05, 0) is 18.5 Å². The summed E-state index contributed by atoms with van der Waals surface area (Å²) in [6.45, 7) is 1.83. The van der Waals surface area contributed by atoms with Crippen molar-refractivity contribution in [1.29, 1.82) is 0 Å². The predicted octanol–water partition coefficient (Wildman–Crippen LogP) is 3.23. The molecule has 0 unspecified atom stereocenters. The second-order valence-corrected chi connectivity index (χ2v) is 3.65. The number of hydrogen-bond acceptors (Lipinski definition) is 2. The van der Waals surface area contributed by atoms with Crippen molar-refractivity contribution in [3.63, 3.8) is 0 Å². The summed E-state index contributed by atoms with van der Waals surface area (Å²) in [4.78, 5) is 10.7. The summed E-state index contributed by atoms with van der Waals surface area (Å²) in [5, 5.41) is 1.53. The van der Waals surface area contributed by atoms with E-state index in [1.807, 2.05) is 6.92 Å². The monoisotopic (exact) mass is 235 g/mol. The molecule has 0 aromatic carbocycles. The number of nitrogens with one attached hydrogen (secondary N) is 1. The minimum atomic E-state index is 0.107. The quantitative estimate of drug-likeness (QED) is 0.564. The molecule has 0 radical (unpaired) electrons. The number of rotatable bonds is 0. The minimum Gasteiger partial charge on any atom is -0.342 e. The highest BCUT2D eigenvalue weighted by Crippen LogP contribution is 2.31. The summed E-state index contributed by atoms with van der Waals surface area (Å²) in [5.41, 5.74) is 1.36. The number of H-pyrrole nitrogens is 1. The van der Waals surface area contributed by atoms with Gasteiger partial charge in [0.1, 0.15) is 10.8 Å². The molecule has 0 saturated carbocycles. The Balaban J connectivity index is 2.94. The van der Waals surface area contributed by atoms with E-state index >= 15 is 0 Å². The van der Waals surface area contributed by atoms with E-state index in [0.29, 0.717) is 16.1 Å². The van der Waals surface area contributed by atoms with Crippen LogP contribution < -0.4 is 0 Å². The van der Waals surface area contributed by atoms with Gasteiger partial charge in [0.15, 0.2) is 0 Å². The van der Waals surface area contributed by atoms with Crippen molar-refractivity contribution in [2.24, 2.45) is 0 Å². The van der Waals surface area contributed by atoms with Gasteiger partial charge in [-0.2, -0.15) is 4.98 Å². The first-order valence-electron chi connectivity index (χ1n) is 3.46. The molecule has 0 aliphatic carbocycles. The van der Waals surface area contributed by atoms with Crippen molar-refractivity contribution in [2.75, 3.05) is 0 Å². The van der Waals surface area contributed by atoms with E-state index < -0.39 is 0 Å². The maximum Gasteiger partial charge on any atom is 0.225 e. The summed E-state index contributed by atoms with van der Waals surface area (Å²) in [7, 11) is 0. The van der Waals surface area contributed by atoms with Gasteiger partial charge in [0.05, 0.1) is 10.4 Å². The lowest BCUT2D eigenvalue weighted by molar-refractivity contribution is 1.18. The Kier molecular flexibility index (Phi) is 2.10. The molecule has 0 aliphatic heterocycles. The lowest BCUT2D eigenvalue weighted by atomic mass is 10.4. The van der Waals surface area contributed by atoms with Gasteiger partial charge in [0, 0.05) is 5.69 Å². The molecule has 0 bridgehead atoms. The van der Waals surface area contributed by atoms with Gasteiger partial charge in [0.25, 0.3) is 0 Å². The number of aryl methyl sites for hydroxylation is 1. The van der Waals surface area contributed by atoms with Crippen LogP contribution in [0.1, 0.15) is 5.69 Å². The zero-order chi connectivity index (χ0) is 9.59. The molecular formula is C7H4Cl3N3. The summed E-state index contributed by atoms with van der Waals surface area (Å²) in [6, 6.07) is 0. The van der Waals surface area contributed by atoms with Crippen LogP contribution >= 0.6 is 34.8 Å². The van der Waals surface area contributed by atoms with Crippen molar-refractivity contribution in [3.8, 4) is 0 Å². The Bertz CT molecular complexity index is 477. The number of nitrogens with zero attached hydrogens (tertiary/aromatic N) is 2. The molecule has 0 saturated heterocycles. The summed E-state index contributed by atoms with van der Waals surface area (Å²) < 4.78 is 0. The van der Waals surface area contributed by atoms with Crippen LogP contribution in [-0.2, 0) is 0 Å². The molecule has 6 heteroatoms. The SMILES string of the molecule is Cc1[nH]c2nc(Cl)nc(Cl)c2c1Cl. The van der Waals surface area contributed by atoms with Crippen LogP contribution in [0.5, 0.6) is 0 Å². The summed E-state index contributed by atoms with van der Waals surface area (Å²) in [5.74, 6) is 0. The molecule has 3 nitrogen and oxygen atoms in total. The van der Waals surface area contributed by atoms with Crippen molar-refractivity contribution < 1.29 is 0 Å². The maximum atomic E-state index is 5.96. The molecule has 0 amide bonds. The molecular weight excluding hydrogens is 232 g/mol. The third-order valence-electron chi connectivity index (χ3n) is 1.69.